The number of carbonyl (C=O) groups excluding carboxylic acids is 1. The maximum atomic E-state index is 12.5. The first-order valence-corrected chi connectivity index (χ1v) is 7.28. The summed E-state index contributed by atoms with van der Waals surface area (Å²) in [5, 5.41) is 7.32. The van der Waals surface area contributed by atoms with Crippen molar-refractivity contribution in [3.63, 3.8) is 0 Å². The third kappa shape index (κ3) is 2.96. The van der Waals surface area contributed by atoms with Gasteiger partial charge in [0.1, 0.15) is 17.8 Å². The molecule has 1 N–H and O–H groups in total. The van der Waals surface area contributed by atoms with E-state index in [0.29, 0.717) is 11.5 Å². The predicted octanol–water partition coefficient (Wildman–Crippen LogP) is 2.84. The van der Waals surface area contributed by atoms with Crippen molar-refractivity contribution in [1.82, 2.24) is 19.7 Å². The summed E-state index contributed by atoms with van der Waals surface area (Å²) in [6, 6.07) is 11.5. The van der Waals surface area contributed by atoms with Gasteiger partial charge in [0, 0.05) is 17.3 Å². The van der Waals surface area contributed by atoms with Gasteiger partial charge in [-0.3, -0.25) is 4.79 Å². The van der Waals surface area contributed by atoms with Crippen LogP contribution in [0, 0.1) is 20.8 Å². The quantitative estimate of drug-likeness (QED) is 0.807. The number of rotatable bonds is 3. The van der Waals surface area contributed by atoms with E-state index >= 15 is 0 Å². The Labute approximate surface area is 134 Å². The van der Waals surface area contributed by atoms with E-state index < -0.39 is 0 Å². The summed E-state index contributed by atoms with van der Waals surface area (Å²) in [5.41, 5.74) is 3.63. The van der Waals surface area contributed by atoms with Crippen LogP contribution in [0.1, 0.15) is 27.4 Å². The van der Waals surface area contributed by atoms with Crippen LogP contribution in [0.15, 0.2) is 42.7 Å². The molecule has 2 aromatic heterocycles. The van der Waals surface area contributed by atoms with Gasteiger partial charge in [0.25, 0.3) is 5.91 Å². The fraction of sp³-hybridized carbons (Fsp3) is 0.176. The first-order valence-electron chi connectivity index (χ1n) is 7.28. The van der Waals surface area contributed by atoms with E-state index in [9.17, 15) is 4.79 Å². The monoisotopic (exact) mass is 307 g/mol. The molecular formula is C17H17N5O. The second kappa shape index (κ2) is 6.00. The maximum Gasteiger partial charge on any atom is 0.275 e. The second-order valence-corrected chi connectivity index (χ2v) is 5.31. The topological polar surface area (TPSA) is 72.7 Å². The first kappa shape index (κ1) is 14.9. The Bertz CT molecular complexity index is 855. The summed E-state index contributed by atoms with van der Waals surface area (Å²) < 4.78 is 1.70. The highest BCUT2D eigenvalue weighted by molar-refractivity contribution is 6.03. The molecule has 0 spiro atoms. The summed E-state index contributed by atoms with van der Waals surface area (Å²) in [6.45, 7) is 5.57. The molecule has 0 saturated carbocycles. The van der Waals surface area contributed by atoms with E-state index in [1.165, 1.54) is 6.33 Å². The van der Waals surface area contributed by atoms with Crippen molar-refractivity contribution < 1.29 is 4.79 Å². The molecule has 0 saturated heterocycles. The van der Waals surface area contributed by atoms with Crippen LogP contribution >= 0.6 is 0 Å². The summed E-state index contributed by atoms with van der Waals surface area (Å²) in [4.78, 5) is 20.7. The van der Waals surface area contributed by atoms with E-state index in [-0.39, 0.29) is 5.91 Å². The number of benzene rings is 1. The van der Waals surface area contributed by atoms with Gasteiger partial charge in [-0.05, 0) is 32.9 Å². The number of amides is 1. The van der Waals surface area contributed by atoms with E-state index in [1.54, 1.807) is 4.68 Å². The van der Waals surface area contributed by atoms with Crippen molar-refractivity contribution in [2.45, 2.75) is 20.8 Å². The lowest BCUT2D eigenvalue weighted by Gasteiger charge is -2.10. The van der Waals surface area contributed by atoms with Gasteiger partial charge in [-0.25, -0.2) is 14.6 Å². The molecule has 0 aliphatic carbocycles. The van der Waals surface area contributed by atoms with Crippen LogP contribution in [0.2, 0.25) is 0 Å². The average molecular weight is 307 g/mol. The number of para-hydroxylation sites is 1. The summed E-state index contributed by atoms with van der Waals surface area (Å²) in [5.74, 6) is 0.333. The largest absolute Gasteiger partial charge is 0.305 e. The lowest BCUT2D eigenvalue weighted by atomic mass is 10.2. The van der Waals surface area contributed by atoms with E-state index in [0.717, 1.165) is 22.6 Å². The number of anilines is 1. The molecule has 0 atom stereocenters. The van der Waals surface area contributed by atoms with Crippen LogP contribution < -0.4 is 5.32 Å². The number of nitrogens with zero attached hydrogens (tertiary/aromatic N) is 4. The van der Waals surface area contributed by atoms with Crippen molar-refractivity contribution in [3.8, 4) is 5.69 Å². The van der Waals surface area contributed by atoms with Crippen LogP contribution in [-0.2, 0) is 0 Å². The molecule has 0 aliphatic heterocycles. The van der Waals surface area contributed by atoms with E-state index in [4.69, 9.17) is 0 Å². The van der Waals surface area contributed by atoms with Crippen LogP contribution in [-0.4, -0.2) is 25.7 Å². The minimum Gasteiger partial charge on any atom is -0.305 e. The zero-order chi connectivity index (χ0) is 16.4. The third-order valence-corrected chi connectivity index (χ3v) is 3.63. The molecule has 116 valence electrons. The molecule has 3 rings (SSSR count). The molecule has 0 unspecified atom stereocenters. The van der Waals surface area contributed by atoms with Gasteiger partial charge in [0.2, 0.25) is 0 Å². The van der Waals surface area contributed by atoms with Crippen LogP contribution in [0.5, 0.6) is 0 Å². The first-order chi connectivity index (χ1) is 11.1. The normalized spacial score (nSPS) is 10.6. The average Bonchev–Trinajstić information content (AvgIpc) is 2.91. The van der Waals surface area contributed by atoms with Gasteiger partial charge in [0.05, 0.1) is 11.4 Å². The number of hydrogen-bond donors (Lipinski definition) is 1. The number of hydrogen-bond acceptors (Lipinski definition) is 4. The van der Waals surface area contributed by atoms with Crippen molar-refractivity contribution in [2.75, 3.05) is 5.32 Å². The third-order valence-electron chi connectivity index (χ3n) is 3.63. The molecule has 0 radical (unpaired) electrons. The summed E-state index contributed by atoms with van der Waals surface area (Å²) in [7, 11) is 0. The van der Waals surface area contributed by atoms with Crippen molar-refractivity contribution in [2.24, 2.45) is 0 Å². The zero-order valence-corrected chi connectivity index (χ0v) is 13.2. The minimum atomic E-state index is -0.273. The lowest BCUT2D eigenvalue weighted by Crippen LogP contribution is -2.18. The fourth-order valence-electron chi connectivity index (χ4n) is 2.30. The predicted molar refractivity (Wildman–Crippen MR) is 87.8 cm³/mol. The Kier molecular flexibility index (Phi) is 3.89. The van der Waals surface area contributed by atoms with Crippen LogP contribution in [0.25, 0.3) is 5.69 Å². The molecule has 1 aromatic carbocycles. The molecule has 0 aliphatic rings. The highest BCUT2D eigenvalue weighted by atomic mass is 16.2. The molecule has 0 fully saturated rings. The molecule has 23 heavy (non-hydrogen) atoms. The molecular weight excluding hydrogens is 290 g/mol. The van der Waals surface area contributed by atoms with Gasteiger partial charge in [-0.15, -0.1) is 0 Å². The Morgan fingerprint density at radius 3 is 2.57 bits per heavy atom. The van der Waals surface area contributed by atoms with Crippen molar-refractivity contribution >= 4 is 11.7 Å². The Morgan fingerprint density at radius 1 is 1.09 bits per heavy atom. The SMILES string of the molecule is Cc1cc(NC(=O)c2ncnc(C)c2C)n(-c2ccccc2)n1. The van der Waals surface area contributed by atoms with E-state index in [1.807, 2.05) is 57.2 Å². The number of nitrogens with one attached hydrogen (secondary N) is 1. The number of aromatic nitrogens is 4. The molecule has 1 amide bonds. The van der Waals surface area contributed by atoms with Gasteiger partial charge < -0.3 is 5.32 Å². The Hall–Kier alpha value is -3.02. The van der Waals surface area contributed by atoms with Crippen LogP contribution in [0.3, 0.4) is 0 Å². The highest BCUT2D eigenvalue weighted by Gasteiger charge is 2.16. The molecule has 0 bridgehead atoms. The summed E-state index contributed by atoms with van der Waals surface area (Å²) >= 11 is 0. The standard InChI is InChI=1S/C17H17N5O/c1-11-9-15(22(21-11)14-7-5-4-6-8-14)20-17(23)16-12(2)13(3)18-10-19-16/h4-10H,1-3H3,(H,20,23). The van der Waals surface area contributed by atoms with Gasteiger partial charge in [0.15, 0.2) is 0 Å². The fourth-order valence-corrected chi connectivity index (χ4v) is 2.30. The maximum absolute atomic E-state index is 12.5. The Balaban J connectivity index is 1.95. The number of aryl methyl sites for hydroxylation is 2. The highest BCUT2D eigenvalue weighted by Crippen LogP contribution is 2.18. The van der Waals surface area contributed by atoms with Gasteiger partial charge in [-0.2, -0.15) is 5.10 Å². The second-order valence-electron chi connectivity index (χ2n) is 5.31. The van der Waals surface area contributed by atoms with Crippen LogP contribution in [0.4, 0.5) is 5.82 Å². The number of carbonyl (C=O) groups is 1. The molecule has 2 heterocycles. The summed E-state index contributed by atoms with van der Waals surface area (Å²) in [6.07, 6.45) is 1.40. The van der Waals surface area contributed by atoms with Gasteiger partial charge >= 0.3 is 0 Å². The minimum absolute atomic E-state index is 0.273. The lowest BCUT2D eigenvalue weighted by molar-refractivity contribution is 0.102. The molecule has 3 aromatic rings. The van der Waals surface area contributed by atoms with Crippen molar-refractivity contribution in [1.29, 1.82) is 0 Å². The molecule has 6 heteroatoms. The Morgan fingerprint density at radius 2 is 1.83 bits per heavy atom. The smallest absolute Gasteiger partial charge is 0.275 e. The molecule has 6 nitrogen and oxygen atoms in total. The van der Waals surface area contributed by atoms with Crippen molar-refractivity contribution in [3.05, 3.63) is 65.4 Å². The van der Waals surface area contributed by atoms with E-state index in [2.05, 4.69) is 20.4 Å². The van der Waals surface area contributed by atoms with Gasteiger partial charge in [-0.1, -0.05) is 18.2 Å². The zero-order valence-electron chi connectivity index (χ0n) is 13.2.